The lowest BCUT2D eigenvalue weighted by Crippen LogP contribution is -2.20. The van der Waals surface area contributed by atoms with E-state index in [-0.39, 0.29) is 11.7 Å². The molecule has 1 N–H and O–H groups in total. The molecule has 0 bridgehead atoms. The van der Waals surface area contributed by atoms with Crippen molar-refractivity contribution in [2.24, 2.45) is 10.2 Å². The van der Waals surface area contributed by atoms with Crippen molar-refractivity contribution in [3.05, 3.63) is 117 Å². The zero-order chi connectivity index (χ0) is 24.2. The Bertz CT molecular complexity index is 1400. The number of thiazole rings is 1. The lowest BCUT2D eigenvalue weighted by molar-refractivity contribution is 0.0951. The average Bonchev–Trinajstić information content (AvgIpc) is 3.54. The van der Waals surface area contributed by atoms with Gasteiger partial charge in [-0.1, -0.05) is 83.9 Å². The molecule has 35 heavy (non-hydrogen) atoms. The first-order valence-electron chi connectivity index (χ1n) is 10.8. The second-order valence-electron chi connectivity index (χ2n) is 7.76. The molecule has 0 aliphatic carbocycles. The van der Waals surface area contributed by atoms with Crippen molar-refractivity contribution in [1.29, 1.82) is 0 Å². The Balaban J connectivity index is 1.38. The summed E-state index contributed by atoms with van der Waals surface area (Å²) in [6.45, 7) is 0. The lowest BCUT2D eigenvalue weighted by atomic mass is 9.99. The molecule has 1 amide bonds. The number of carbonyl (C=O) groups excluding carboxylic acids is 1. The van der Waals surface area contributed by atoms with Gasteiger partial charge >= 0.3 is 0 Å². The largest absolute Gasteiger partial charge is 0.290 e. The van der Waals surface area contributed by atoms with E-state index in [0.29, 0.717) is 27.2 Å². The molecule has 1 aliphatic rings. The van der Waals surface area contributed by atoms with Crippen LogP contribution in [-0.2, 0) is 0 Å². The van der Waals surface area contributed by atoms with E-state index >= 15 is 0 Å². The molecule has 3 aromatic carbocycles. The van der Waals surface area contributed by atoms with Gasteiger partial charge in [0.2, 0.25) is 5.13 Å². The zero-order valence-electron chi connectivity index (χ0n) is 18.3. The summed E-state index contributed by atoms with van der Waals surface area (Å²) in [7, 11) is 0. The van der Waals surface area contributed by atoms with Gasteiger partial charge in [0.25, 0.3) is 5.91 Å². The topological polar surface area (TPSA) is 70.0 Å². The number of hydrazone groups is 2. The summed E-state index contributed by atoms with van der Waals surface area (Å²) in [5.41, 5.74) is 6.55. The van der Waals surface area contributed by atoms with Crippen molar-refractivity contribution in [2.75, 3.05) is 5.01 Å². The van der Waals surface area contributed by atoms with E-state index in [2.05, 4.69) is 15.5 Å². The summed E-state index contributed by atoms with van der Waals surface area (Å²) in [5.74, 6) is -0.412. The van der Waals surface area contributed by atoms with Gasteiger partial charge in [0, 0.05) is 27.4 Å². The van der Waals surface area contributed by atoms with E-state index in [1.807, 2.05) is 77.8 Å². The maximum absolute atomic E-state index is 12.6. The minimum Gasteiger partial charge on any atom is -0.266 e. The molecule has 174 valence electrons. The number of hydrogen-bond donors (Lipinski definition) is 1. The van der Waals surface area contributed by atoms with Crippen LogP contribution >= 0.6 is 34.5 Å². The molecule has 1 atom stereocenters. The SMILES string of the molecule is O=C(N/N=C/c1ccccc1Cl)c1csc(N2N=C(c3ccccc3)CC2c2ccc(Cl)cc2)n1. The molecule has 2 heterocycles. The van der Waals surface area contributed by atoms with Crippen LogP contribution in [0.25, 0.3) is 0 Å². The molecule has 4 aromatic rings. The predicted molar refractivity (Wildman–Crippen MR) is 143 cm³/mol. The number of halogens is 2. The van der Waals surface area contributed by atoms with Gasteiger partial charge in [0.05, 0.1) is 18.0 Å². The van der Waals surface area contributed by atoms with Gasteiger partial charge in [-0.3, -0.25) is 4.79 Å². The summed E-state index contributed by atoms with van der Waals surface area (Å²) >= 11 is 13.6. The van der Waals surface area contributed by atoms with Crippen molar-refractivity contribution in [2.45, 2.75) is 12.5 Å². The van der Waals surface area contributed by atoms with E-state index in [4.69, 9.17) is 28.3 Å². The van der Waals surface area contributed by atoms with Gasteiger partial charge < -0.3 is 0 Å². The molecule has 1 aliphatic heterocycles. The fourth-order valence-corrected chi connectivity index (χ4v) is 4.82. The second-order valence-corrected chi connectivity index (χ2v) is 9.44. The van der Waals surface area contributed by atoms with Crippen LogP contribution in [0.5, 0.6) is 0 Å². The lowest BCUT2D eigenvalue weighted by Gasteiger charge is -2.21. The molecule has 1 unspecified atom stereocenters. The Morgan fingerprint density at radius 2 is 1.77 bits per heavy atom. The highest BCUT2D eigenvalue weighted by Gasteiger charge is 2.32. The van der Waals surface area contributed by atoms with E-state index in [1.165, 1.54) is 17.6 Å². The number of carbonyl (C=O) groups is 1. The van der Waals surface area contributed by atoms with Gasteiger partial charge in [-0.15, -0.1) is 11.3 Å². The van der Waals surface area contributed by atoms with Gasteiger partial charge in [-0.05, 0) is 29.3 Å². The molecule has 0 spiro atoms. The molecule has 0 saturated carbocycles. The Morgan fingerprint density at radius 3 is 2.54 bits per heavy atom. The number of anilines is 1. The standard InChI is InChI=1S/C26H19Cl2N5OS/c27-20-12-10-18(11-13-20)24-14-22(17-6-2-1-3-7-17)32-33(24)26-30-23(16-35-26)25(34)31-29-15-19-8-4-5-9-21(19)28/h1-13,15-16,24H,14H2,(H,31,34)/b29-15+. The molecule has 0 radical (unpaired) electrons. The second kappa shape index (κ2) is 10.4. The third-order valence-electron chi connectivity index (χ3n) is 5.47. The van der Waals surface area contributed by atoms with E-state index < -0.39 is 5.91 Å². The van der Waals surface area contributed by atoms with Crippen molar-refractivity contribution in [3.63, 3.8) is 0 Å². The predicted octanol–water partition coefficient (Wildman–Crippen LogP) is 6.57. The number of nitrogens with zero attached hydrogens (tertiary/aromatic N) is 4. The highest BCUT2D eigenvalue weighted by Crippen LogP contribution is 2.38. The minimum atomic E-state index is -0.412. The summed E-state index contributed by atoms with van der Waals surface area (Å²) in [6.07, 6.45) is 2.20. The number of aromatic nitrogens is 1. The van der Waals surface area contributed by atoms with Crippen molar-refractivity contribution < 1.29 is 4.79 Å². The third-order valence-corrected chi connectivity index (χ3v) is 6.89. The molecular weight excluding hydrogens is 501 g/mol. The quantitative estimate of drug-likeness (QED) is 0.231. The number of amides is 1. The Hall–Kier alpha value is -3.52. The first-order valence-corrected chi connectivity index (χ1v) is 12.4. The van der Waals surface area contributed by atoms with Crippen molar-refractivity contribution in [1.82, 2.24) is 10.4 Å². The maximum Gasteiger partial charge on any atom is 0.290 e. The normalized spacial score (nSPS) is 15.4. The highest BCUT2D eigenvalue weighted by molar-refractivity contribution is 7.14. The Kier molecular flexibility index (Phi) is 6.90. The molecular formula is C26H19Cl2N5OS. The average molecular weight is 520 g/mol. The Labute approximate surface area is 216 Å². The molecule has 0 saturated heterocycles. The van der Waals surface area contributed by atoms with Crippen LogP contribution in [0.4, 0.5) is 5.13 Å². The van der Waals surface area contributed by atoms with Crippen LogP contribution in [0.2, 0.25) is 10.0 Å². The van der Waals surface area contributed by atoms with E-state index in [9.17, 15) is 4.79 Å². The van der Waals surface area contributed by atoms with E-state index in [1.54, 1.807) is 11.4 Å². The van der Waals surface area contributed by atoms with Crippen LogP contribution in [0.3, 0.4) is 0 Å². The first-order chi connectivity index (χ1) is 17.1. The molecule has 1 aromatic heterocycles. The number of rotatable bonds is 6. The molecule has 0 fully saturated rings. The van der Waals surface area contributed by atoms with Crippen LogP contribution in [0, 0.1) is 0 Å². The number of benzene rings is 3. The minimum absolute atomic E-state index is 0.0669. The summed E-state index contributed by atoms with van der Waals surface area (Å²) in [4.78, 5) is 17.2. The van der Waals surface area contributed by atoms with Gasteiger partial charge in [-0.2, -0.15) is 10.2 Å². The van der Waals surface area contributed by atoms with Crippen molar-refractivity contribution >= 4 is 57.5 Å². The molecule has 9 heteroatoms. The molecule has 5 rings (SSSR count). The van der Waals surface area contributed by atoms with Crippen LogP contribution in [-0.4, -0.2) is 22.8 Å². The fourth-order valence-electron chi connectivity index (χ4n) is 3.71. The van der Waals surface area contributed by atoms with Crippen LogP contribution < -0.4 is 10.4 Å². The Morgan fingerprint density at radius 1 is 1.03 bits per heavy atom. The summed E-state index contributed by atoms with van der Waals surface area (Å²) < 4.78 is 0. The number of hydrogen-bond acceptors (Lipinski definition) is 6. The van der Waals surface area contributed by atoms with Crippen molar-refractivity contribution in [3.8, 4) is 0 Å². The summed E-state index contributed by atoms with van der Waals surface area (Å²) in [6, 6.07) is 25.0. The van der Waals surface area contributed by atoms with Gasteiger partial charge in [-0.25, -0.2) is 15.4 Å². The summed E-state index contributed by atoms with van der Waals surface area (Å²) in [5, 5.41) is 14.3. The molecule has 6 nitrogen and oxygen atoms in total. The zero-order valence-corrected chi connectivity index (χ0v) is 20.6. The van der Waals surface area contributed by atoms with Crippen LogP contribution in [0.1, 0.15) is 39.6 Å². The van der Waals surface area contributed by atoms with Crippen LogP contribution in [0.15, 0.2) is 94.4 Å². The fraction of sp³-hybridized carbons (Fsp3) is 0.0769. The van der Waals surface area contributed by atoms with Gasteiger partial charge in [0.15, 0.2) is 0 Å². The number of nitrogens with one attached hydrogen (secondary N) is 1. The maximum atomic E-state index is 12.6. The highest BCUT2D eigenvalue weighted by atomic mass is 35.5. The monoisotopic (exact) mass is 519 g/mol. The smallest absolute Gasteiger partial charge is 0.266 e. The van der Waals surface area contributed by atoms with Gasteiger partial charge in [0.1, 0.15) is 5.69 Å². The van der Waals surface area contributed by atoms with E-state index in [0.717, 1.165) is 16.8 Å². The first kappa shape index (κ1) is 23.2. The third kappa shape index (κ3) is 5.27.